The molecule has 0 saturated heterocycles. The van der Waals surface area contributed by atoms with E-state index >= 15 is 0 Å². The summed E-state index contributed by atoms with van der Waals surface area (Å²) in [5.74, 6) is 0.702. The summed E-state index contributed by atoms with van der Waals surface area (Å²) < 4.78 is 27.7. The summed E-state index contributed by atoms with van der Waals surface area (Å²) in [5.41, 5.74) is 0. The summed E-state index contributed by atoms with van der Waals surface area (Å²) >= 11 is 0. The molecule has 0 spiro atoms. The normalized spacial score (nSPS) is 12.4. The summed E-state index contributed by atoms with van der Waals surface area (Å²) in [7, 11) is 0. The van der Waals surface area contributed by atoms with Crippen molar-refractivity contribution < 1.29 is 28.8 Å². The predicted octanol–water partition coefficient (Wildman–Crippen LogP) is 6.96. The molecule has 0 heterocycles. The first-order valence-corrected chi connectivity index (χ1v) is 15.3. The molecule has 1 atom stereocenters. The molecule has 0 aliphatic heterocycles. The van der Waals surface area contributed by atoms with E-state index in [1.807, 2.05) is 0 Å². The van der Waals surface area contributed by atoms with Gasteiger partial charge in [-0.25, -0.2) is 0 Å². The average molecular weight is 519 g/mol. The van der Waals surface area contributed by atoms with Crippen LogP contribution in [0.15, 0.2) is 0 Å². The van der Waals surface area contributed by atoms with Gasteiger partial charge in [-0.2, -0.15) is 0 Å². The minimum absolute atomic E-state index is 0.0488. The monoisotopic (exact) mass is 518 g/mol. The zero-order chi connectivity index (χ0) is 26.2. The smallest absolute Gasteiger partial charge is 0.0701 e. The zero-order valence-corrected chi connectivity index (χ0v) is 24.2. The van der Waals surface area contributed by atoms with Crippen LogP contribution in [0.5, 0.6) is 0 Å². The molecule has 0 fully saturated rings. The third kappa shape index (κ3) is 30.0. The van der Waals surface area contributed by atoms with Crippen molar-refractivity contribution >= 4 is 0 Å². The van der Waals surface area contributed by atoms with Gasteiger partial charge >= 0.3 is 0 Å². The van der Waals surface area contributed by atoms with Gasteiger partial charge in [-0.1, -0.05) is 104 Å². The molecule has 0 aromatic rings. The van der Waals surface area contributed by atoms with Crippen LogP contribution in [-0.4, -0.2) is 77.8 Å². The molecule has 1 unspecified atom stereocenters. The Morgan fingerprint density at radius 2 is 0.750 bits per heavy atom. The number of unbranched alkanes of at least 4 members (excludes halogenated alkanes) is 12. The van der Waals surface area contributed by atoms with Crippen LogP contribution in [-0.2, 0) is 23.7 Å². The molecule has 0 rings (SSSR count). The van der Waals surface area contributed by atoms with Crippen LogP contribution in [0.2, 0.25) is 0 Å². The Morgan fingerprint density at radius 3 is 1.14 bits per heavy atom. The van der Waals surface area contributed by atoms with Gasteiger partial charge in [0, 0.05) is 6.61 Å². The minimum Gasteiger partial charge on any atom is -0.394 e. The van der Waals surface area contributed by atoms with Gasteiger partial charge in [-0.05, 0) is 18.8 Å². The van der Waals surface area contributed by atoms with Crippen LogP contribution < -0.4 is 0 Å². The molecule has 0 aliphatic carbocycles. The van der Waals surface area contributed by atoms with Crippen LogP contribution in [0, 0.1) is 5.92 Å². The highest BCUT2D eigenvalue weighted by molar-refractivity contribution is 4.61. The zero-order valence-electron chi connectivity index (χ0n) is 24.2. The number of ether oxygens (including phenoxy) is 5. The van der Waals surface area contributed by atoms with Crippen LogP contribution in [0.3, 0.4) is 0 Å². The van der Waals surface area contributed by atoms with Crippen molar-refractivity contribution in [2.45, 2.75) is 117 Å². The molecular formula is C30H62O6. The predicted molar refractivity (Wildman–Crippen MR) is 150 cm³/mol. The number of aliphatic hydroxyl groups excluding tert-OH is 1. The van der Waals surface area contributed by atoms with Gasteiger partial charge in [0.2, 0.25) is 0 Å². The molecule has 0 aliphatic rings. The van der Waals surface area contributed by atoms with Crippen molar-refractivity contribution in [3.05, 3.63) is 0 Å². The number of hydrogen-bond donors (Lipinski definition) is 1. The lowest BCUT2D eigenvalue weighted by molar-refractivity contribution is -0.0159. The third-order valence-electron chi connectivity index (χ3n) is 6.51. The van der Waals surface area contributed by atoms with Crippen LogP contribution in [0.4, 0.5) is 0 Å². The van der Waals surface area contributed by atoms with E-state index < -0.39 is 0 Å². The van der Waals surface area contributed by atoms with Crippen molar-refractivity contribution in [2.24, 2.45) is 5.92 Å². The van der Waals surface area contributed by atoms with Gasteiger partial charge in [0.1, 0.15) is 0 Å². The van der Waals surface area contributed by atoms with Gasteiger partial charge in [0.25, 0.3) is 0 Å². The molecule has 0 radical (unpaired) electrons. The van der Waals surface area contributed by atoms with Gasteiger partial charge in [-0.3, -0.25) is 0 Å². The van der Waals surface area contributed by atoms with Gasteiger partial charge in [0.15, 0.2) is 0 Å². The fourth-order valence-electron chi connectivity index (χ4n) is 4.29. The summed E-state index contributed by atoms with van der Waals surface area (Å²) in [4.78, 5) is 0. The number of aliphatic hydroxyl groups is 1. The standard InChI is InChI=1S/C30H62O6/c1-3-5-7-9-11-12-14-16-18-30(17-15-13-10-8-6-4-2)29-36-28-27-35-26-25-34-24-23-33-22-21-32-20-19-31/h30-31H,3-29H2,1-2H3. The third-order valence-corrected chi connectivity index (χ3v) is 6.51. The van der Waals surface area contributed by atoms with Gasteiger partial charge in [0.05, 0.1) is 66.1 Å². The molecule has 6 heteroatoms. The molecule has 1 N–H and O–H groups in total. The molecule has 36 heavy (non-hydrogen) atoms. The highest BCUT2D eigenvalue weighted by Crippen LogP contribution is 2.20. The molecule has 0 amide bonds. The highest BCUT2D eigenvalue weighted by Gasteiger charge is 2.09. The second kappa shape index (κ2) is 32.8. The molecular weight excluding hydrogens is 456 g/mol. The van der Waals surface area contributed by atoms with E-state index in [9.17, 15) is 0 Å². The molecule has 0 saturated carbocycles. The van der Waals surface area contributed by atoms with E-state index in [0.717, 1.165) is 6.61 Å². The Labute approximate surface area is 224 Å². The first-order valence-electron chi connectivity index (χ1n) is 15.3. The van der Waals surface area contributed by atoms with E-state index in [1.165, 1.54) is 103 Å². The van der Waals surface area contributed by atoms with Crippen molar-refractivity contribution in [3.8, 4) is 0 Å². The van der Waals surface area contributed by atoms with E-state index in [4.69, 9.17) is 28.8 Å². The molecule has 0 bridgehead atoms. The lowest BCUT2D eigenvalue weighted by Gasteiger charge is -2.17. The Hall–Kier alpha value is -0.240. The Kier molecular flexibility index (Phi) is 32.6. The second-order valence-electron chi connectivity index (χ2n) is 9.93. The average Bonchev–Trinajstić information content (AvgIpc) is 2.89. The van der Waals surface area contributed by atoms with Gasteiger partial charge < -0.3 is 28.8 Å². The molecule has 0 aromatic carbocycles. The molecule has 0 aromatic heterocycles. The van der Waals surface area contributed by atoms with E-state index in [0.29, 0.717) is 65.4 Å². The van der Waals surface area contributed by atoms with Crippen molar-refractivity contribution in [3.63, 3.8) is 0 Å². The maximum atomic E-state index is 8.61. The Balaban J connectivity index is 3.70. The number of rotatable bonds is 32. The Morgan fingerprint density at radius 1 is 0.417 bits per heavy atom. The minimum atomic E-state index is 0.0488. The lowest BCUT2D eigenvalue weighted by Crippen LogP contribution is -2.15. The van der Waals surface area contributed by atoms with Crippen molar-refractivity contribution in [1.82, 2.24) is 0 Å². The molecule has 218 valence electrons. The fourth-order valence-corrected chi connectivity index (χ4v) is 4.29. The van der Waals surface area contributed by atoms with Gasteiger partial charge in [-0.15, -0.1) is 0 Å². The summed E-state index contributed by atoms with van der Waals surface area (Å²) in [6, 6.07) is 0. The van der Waals surface area contributed by atoms with Crippen LogP contribution in [0.25, 0.3) is 0 Å². The Bertz CT molecular complexity index is 382. The number of hydrogen-bond acceptors (Lipinski definition) is 6. The second-order valence-corrected chi connectivity index (χ2v) is 9.93. The first kappa shape index (κ1) is 35.8. The maximum absolute atomic E-state index is 8.61. The van der Waals surface area contributed by atoms with Crippen LogP contribution >= 0.6 is 0 Å². The molecule has 6 nitrogen and oxygen atoms in total. The first-order chi connectivity index (χ1) is 17.8. The topological polar surface area (TPSA) is 66.4 Å². The largest absolute Gasteiger partial charge is 0.394 e. The quantitative estimate of drug-likeness (QED) is 0.0971. The van der Waals surface area contributed by atoms with Crippen molar-refractivity contribution in [2.75, 3.05) is 72.7 Å². The van der Waals surface area contributed by atoms with Crippen LogP contribution in [0.1, 0.15) is 117 Å². The van der Waals surface area contributed by atoms with Crippen molar-refractivity contribution in [1.29, 1.82) is 0 Å². The lowest BCUT2D eigenvalue weighted by atomic mass is 9.94. The van der Waals surface area contributed by atoms with E-state index in [1.54, 1.807) is 0 Å². The summed E-state index contributed by atoms with van der Waals surface area (Å²) in [5, 5.41) is 8.61. The fraction of sp³-hybridized carbons (Fsp3) is 1.00. The SMILES string of the molecule is CCCCCCCCCCC(CCCCCCCC)COCCOCCOCCOCCOCCO. The van der Waals surface area contributed by atoms with E-state index in [2.05, 4.69) is 13.8 Å². The highest BCUT2D eigenvalue weighted by atomic mass is 16.6. The maximum Gasteiger partial charge on any atom is 0.0701 e. The summed E-state index contributed by atoms with van der Waals surface area (Å²) in [6.07, 6.45) is 21.9. The van der Waals surface area contributed by atoms with E-state index in [-0.39, 0.29) is 6.61 Å². The summed E-state index contributed by atoms with van der Waals surface area (Å²) in [6.45, 7) is 10.4.